The molecule has 0 aromatic carbocycles. The Labute approximate surface area is 122 Å². The molecule has 1 aromatic rings. The van der Waals surface area contributed by atoms with Crippen LogP contribution in [0.25, 0.3) is 0 Å². The van der Waals surface area contributed by atoms with E-state index in [2.05, 4.69) is 34.7 Å². The maximum Gasteiger partial charge on any atom is 0.0466 e. The van der Waals surface area contributed by atoms with E-state index in [0.717, 1.165) is 52.4 Å². The number of nitrogens with one attached hydrogen (secondary N) is 1. The number of hydrogen-bond acceptors (Lipinski definition) is 4. The van der Waals surface area contributed by atoms with Gasteiger partial charge in [0.2, 0.25) is 0 Å². The summed E-state index contributed by atoms with van der Waals surface area (Å²) in [6, 6.07) is 4.35. The summed E-state index contributed by atoms with van der Waals surface area (Å²) in [5.74, 6) is 0. The van der Waals surface area contributed by atoms with E-state index in [-0.39, 0.29) is 0 Å². The van der Waals surface area contributed by atoms with Crippen LogP contribution in [-0.2, 0) is 11.3 Å². The molecule has 0 bridgehead atoms. The van der Waals surface area contributed by atoms with E-state index in [1.165, 1.54) is 11.3 Å². The van der Waals surface area contributed by atoms with Crippen LogP contribution in [0.2, 0.25) is 0 Å². The average molecular weight is 284 g/mol. The van der Waals surface area contributed by atoms with E-state index < -0.39 is 0 Å². The Bertz CT molecular complexity index is 290. The lowest BCUT2D eigenvalue weighted by molar-refractivity contribution is 0.143. The van der Waals surface area contributed by atoms with Crippen LogP contribution < -0.4 is 5.32 Å². The molecule has 1 rings (SSSR count). The summed E-state index contributed by atoms with van der Waals surface area (Å²) in [6.45, 7) is 11.5. The molecule has 0 atom stereocenters. The molecule has 0 aliphatic carbocycles. The number of likely N-dealkylation sites (N-methyl/N-ethyl adjacent to an activating group) is 1. The van der Waals surface area contributed by atoms with E-state index in [0.29, 0.717) is 0 Å². The zero-order valence-electron chi connectivity index (χ0n) is 12.4. The molecule has 0 unspecified atom stereocenters. The van der Waals surface area contributed by atoms with Crippen LogP contribution in [-0.4, -0.2) is 44.3 Å². The van der Waals surface area contributed by atoms with Crippen molar-refractivity contribution in [3.8, 4) is 0 Å². The predicted molar refractivity (Wildman–Crippen MR) is 83.9 cm³/mol. The molecule has 0 aliphatic rings. The van der Waals surface area contributed by atoms with Crippen LogP contribution in [0.3, 0.4) is 0 Å². The lowest BCUT2D eigenvalue weighted by atomic mass is 10.3. The maximum atomic E-state index is 5.32. The molecule has 19 heavy (non-hydrogen) atoms. The van der Waals surface area contributed by atoms with Crippen LogP contribution >= 0.6 is 11.3 Å². The molecule has 0 saturated heterocycles. The molecule has 1 N–H and O–H groups in total. The highest BCUT2D eigenvalue weighted by Gasteiger charge is 2.03. The molecule has 3 nitrogen and oxygen atoms in total. The van der Waals surface area contributed by atoms with Gasteiger partial charge in [0.15, 0.2) is 0 Å². The van der Waals surface area contributed by atoms with E-state index in [1.807, 2.05) is 18.3 Å². The summed E-state index contributed by atoms with van der Waals surface area (Å²) >= 11 is 1.85. The van der Waals surface area contributed by atoms with Crippen molar-refractivity contribution in [1.82, 2.24) is 10.2 Å². The third-order valence-electron chi connectivity index (χ3n) is 3.11. The van der Waals surface area contributed by atoms with Gasteiger partial charge >= 0.3 is 0 Å². The molecule has 0 radical (unpaired) electrons. The van der Waals surface area contributed by atoms with Gasteiger partial charge in [-0.05, 0) is 44.3 Å². The second-order valence-corrected chi connectivity index (χ2v) is 5.63. The molecule has 1 aromatic heterocycles. The molecule has 0 fully saturated rings. The van der Waals surface area contributed by atoms with Gasteiger partial charge in [-0.1, -0.05) is 13.0 Å². The largest absolute Gasteiger partial charge is 0.382 e. The predicted octanol–water partition coefficient (Wildman–Crippen LogP) is 2.98. The SMILES string of the molecule is CCOCCCCNCCN(CC)Cc1cccs1. The van der Waals surface area contributed by atoms with Crippen molar-refractivity contribution in [2.24, 2.45) is 0 Å². The fourth-order valence-electron chi connectivity index (χ4n) is 1.93. The number of nitrogens with zero attached hydrogens (tertiary/aromatic N) is 1. The molecule has 4 heteroatoms. The van der Waals surface area contributed by atoms with Crippen molar-refractivity contribution in [3.05, 3.63) is 22.4 Å². The minimum Gasteiger partial charge on any atom is -0.382 e. The quantitative estimate of drug-likeness (QED) is 0.597. The summed E-state index contributed by atoms with van der Waals surface area (Å²) in [5, 5.41) is 5.67. The van der Waals surface area contributed by atoms with Gasteiger partial charge in [0.05, 0.1) is 0 Å². The lowest BCUT2D eigenvalue weighted by Crippen LogP contribution is -2.32. The third-order valence-corrected chi connectivity index (χ3v) is 3.97. The number of rotatable bonds is 12. The molecule has 0 saturated carbocycles. The third kappa shape index (κ3) is 8.37. The summed E-state index contributed by atoms with van der Waals surface area (Å²) in [4.78, 5) is 3.94. The van der Waals surface area contributed by atoms with E-state index in [4.69, 9.17) is 4.74 Å². The van der Waals surface area contributed by atoms with Crippen molar-refractivity contribution in [3.63, 3.8) is 0 Å². The van der Waals surface area contributed by atoms with Gasteiger partial charge in [-0.2, -0.15) is 0 Å². The minimum atomic E-state index is 0.835. The second kappa shape index (κ2) is 11.4. The molecule has 0 amide bonds. The Kier molecular flexibility index (Phi) is 9.99. The topological polar surface area (TPSA) is 24.5 Å². The first-order valence-corrected chi connectivity index (χ1v) is 8.28. The van der Waals surface area contributed by atoms with Crippen LogP contribution in [0.15, 0.2) is 17.5 Å². The number of unbranched alkanes of at least 4 members (excludes halogenated alkanes) is 1. The van der Waals surface area contributed by atoms with Gasteiger partial charge in [0.1, 0.15) is 0 Å². The van der Waals surface area contributed by atoms with Gasteiger partial charge in [0.25, 0.3) is 0 Å². The zero-order valence-corrected chi connectivity index (χ0v) is 13.2. The van der Waals surface area contributed by atoms with Gasteiger partial charge in [-0.25, -0.2) is 0 Å². The van der Waals surface area contributed by atoms with Crippen LogP contribution in [0.4, 0.5) is 0 Å². The number of hydrogen-bond donors (Lipinski definition) is 1. The van der Waals surface area contributed by atoms with Crippen LogP contribution in [0.5, 0.6) is 0 Å². The maximum absolute atomic E-state index is 5.32. The Hall–Kier alpha value is -0.420. The van der Waals surface area contributed by atoms with Gasteiger partial charge in [0, 0.05) is 37.7 Å². The number of ether oxygens (including phenoxy) is 1. The highest BCUT2D eigenvalue weighted by Crippen LogP contribution is 2.11. The fourth-order valence-corrected chi connectivity index (χ4v) is 2.68. The van der Waals surface area contributed by atoms with Crippen molar-refractivity contribution >= 4 is 11.3 Å². The molecule has 0 spiro atoms. The standard InChI is InChI=1S/C15H28N2OS/c1-3-17(14-15-8-7-13-19-15)11-10-16-9-5-6-12-18-4-2/h7-8,13,16H,3-6,9-12,14H2,1-2H3. The van der Waals surface area contributed by atoms with E-state index >= 15 is 0 Å². The van der Waals surface area contributed by atoms with Gasteiger partial charge in [-0.3, -0.25) is 4.90 Å². The Morgan fingerprint density at radius 3 is 2.84 bits per heavy atom. The second-order valence-electron chi connectivity index (χ2n) is 4.60. The fraction of sp³-hybridized carbons (Fsp3) is 0.733. The van der Waals surface area contributed by atoms with E-state index in [1.54, 1.807) is 0 Å². The van der Waals surface area contributed by atoms with Crippen LogP contribution in [0, 0.1) is 0 Å². The van der Waals surface area contributed by atoms with Crippen molar-refractivity contribution < 1.29 is 4.74 Å². The molecule has 0 aliphatic heterocycles. The summed E-state index contributed by atoms with van der Waals surface area (Å²) in [5.41, 5.74) is 0. The van der Waals surface area contributed by atoms with Gasteiger partial charge < -0.3 is 10.1 Å². The first-order chi connectivity index (χ1) is 9.36. The molecular formula is C15H28N2OS. The summed E-state index contributed by atoms with van der Waals surface area (Å²) in [7, 11) is 0. The first kappa shape index (κ1) is 16.6. The normalized spacial score (nSPS) is 11.3. The van der Waals surface area contributed by atoms with E-state index in [9.17, 15) is 0 Å². The Morgan fingerprint density at radius 2 is 2.16 bits per heavy atom. The van der Waals surface area contributed by atoms with Crippen molar-refractivity contribution in [1.29, 1.82) is 0 Å². The lowest BCUT2D eigenvalue weighted by Gasteiger charge is -2.19. The first-order valence-electron chi connectivity index (χ1n) is 7.40. The summed E-state index contributed by atoms with van der Waals surface area (Å²) < 4.78 is 5.32. The Balaban J connectivity index is 1.97. The highest BCUT2D eigenvalue weighted by atomic mass is 32.1. The summed E-state index contributed by atoms with van der Waals surface area (Å²) in [6.07, 6.45) is 2.37. The van der Waals surface area contributed by atoms with Crippen molar-refractivity contribution in [2.45, 2.75) is 33.2 Å². The van der Waals surface area contributed by atoms with Crippen LogP contribution in [0.1, 0.15) is 31.6 Å². The van der Waals surface area contributed by atoms with Crippen molar-refractivity contribution in [2.75, 3.05) is 39.4 Å². The monoisotopic (exact) mass is 284 g/mol. The highest BCUT2D eigenvalue weighted by molar-refractivity contribution is 7.09. The van der Waals surface area contributed by atoms with Gasteiger partial charge in [-0.15, -0.1) is 11.3 Å². The average Bonchev–Trinajstić information content (AvgIpc) is 2.93. The molecular weight excluding hydrogens is 256 g/mol. The Morgan fingerprint density at radius 1 is 1.26 bits per heavy atom. The molecule has 1 heterocycles. The minimum absolute atomic E-state index is 0.835. The zero-order chi connectivity index (χ0) is 13.8. The molecule has 110 valence electrons. The number of thiophene rings is 1. The smallest absolute Gasteiger partial charge is 0.0466 e.